The Balaban J connectivity index is 2.88. The van der Waals surface area contributed by atoms with E-state index in [2.05, 4.69) is 10.3 Å². The zero-order chi connectivity index (χ0) is 15.6. The van der Waals surface area contributed by atoms with Crippen molar-refractivity contribution in [2.75, 3.05) is 6.61 Å². The maximum atomic E-state index is 11.8. The smallest absolute Gasteiger partial charge is 0.408 e. The lowest BCUT2D eigenvalue weighted by molar-refractivity contribution is 0.0477. The van der Waals surface area contributed by atoms with Crippen LogP contribution in [0.5, 0.6) is 0 Å². The Morgan fingerprint density at radius 1 is 1.40 bits per heavy atom. The van der Waals surface area contributed by atoms with E-state index in [1.165, 1.54) is 0 Å². The summed E-state index contributed by atoms with van der Waals surface area (Å²) in [4.78, 5) is 15.9. The van der Waals surface area contributed by atoms with Crippen molar-refractivity contribution < 1.29 is 14.6 Å². The largest absolute Gasteiger partial charge is 0.444 e. The van der Waals surface area contributed by atoms with Gasteiger partial charge in [0.15, 0.2) is 0 Å². The van der Waals surface area contributed by atoms with Gasteiger partial charge in [-0.2, -0.15) is 0 Å². The minimum Gasteiger partial charge on any atom is -0.444 e. The van der Waals surface area contributed by atoms with Crippen molar-refractivity contribution in [2.24, 2.45) is 0 Å². The van der Waals surface area contributed by atoms with Gasteiger partial charge < -0.3 is 19.7 Å². The molecular formula is C14H25N3O3. The predicted molar refractivity (Wildman–Crippen MR) is 76.4 cm³/mol. The second kappa shape index (κ2) is 5.83. The highest BCUT2D eigenvalue weighted by Gasteiger charge is 2.25. The molecule has 1 aromatic heterocycles. The first-order valence-corrected chi connectivity index (χ1v) is 6.67. The van der Waals surface area contributed by atoms with Crippen molar-refractivity contribution in [2.45, 2.75) is 58.7 Å². The number of aliphatic hydroxyl groups is 1. The standard InChI is InChI=1S/C14H25N3O3/c1-13(2,3)17-9-15-7-11(17)10(8-18)16-12(19)20-14(4,5)6/h7,9-10,18H,8H2,1-6H3,(H,16,19). The molecule has 20 heavy (non-hydrogen) atoms. The molecule has 0 aromatic carbocycles. The third-order valence-corrected chi connectivity index (χ3v) is 2.62. The quantitative estimate of drug-likeness (QED) is 0.891. The molecule has 1 aromatic rings. The average molecular weight is 283 g/mol. The number of aliphatic hydroxyl groups excluding tert-OH is 1. The molecule has 0 aliphatic heterocycles. The van der Waals surface area contributed by atoms with Crippen LogP contribution in [0.1, 0.15) is 53.3 Å². The van der Waals surface area contributed by atoms with Gasteiger partial charge in [-0.15, -0.1) is 0 Å². The van der Waals surface area contributed by atoms with Crippen LogP contribution in [0.25, 0.3) is 0 Å². The summed E-state index contributed by atoms with van der Waals surface area (Å²) in [5, 5.41) is 12.2. The number of hydrogen-bond donors (Lipinski definition) is 2. The van der Waals surface area contributed by atoms with E-state index in [1.54, 1.807) is 33.3 Å². The summed E-state index contributed by atoms with van der Waals surface area (Å²) in [5.41, 5.74) is -0.0192. The fourth-order valence-electron chi connectivity index (χ4n) is 1.79. The number of nitrogens with zero attached hydrogens (tertiary/aromatic N) is 2. The van der Waals surface area contributed by atoms with Crippen LogP contribution >= 0.6 is 0 Å². The highest BCUT2D eigenvalue weighted by Crippen LogP contribution is 2.21. The van der Waals surface area contributed by atoms with Gasteiger partial charge >= 0.3 is 6.09 Å². The molecule has 0 radical (unpaired) electrons. The Kier molecular flexibility index (Phi) is 4.81. The number of ether oxygens (including phenoxy) is 1. The van der Waals surface area contributed by atoms with E-state index in [-0.39, 0.29) is 12.1 Å². The fourth-order valence-corrected chi connectivity index (χ4v) is 1.79. The minimum absolute atomic E-state index is 0.186. The van der Waals surface area contributed by atoms with E-state index in [1.807, 2.05) is 25.3 Å². The summed E-state index contributed by atoms with van der Waals surface area (Å²) in [6.45, 7) is 11.2. The molecular weight excluding hydrogens is 258 g/mol. The molecule has 6 heteroatoms. The lowest BCUT2D eigenvalue weighted by atomic mass is 10.1. The van der Waals surface area contributed by atoms with E-state index in [0.717, 1.165) is 5.69 Å². The van der Waals surface area contributed by atoms with Gasteiger partial charge in [0.1, 0.15) is 5.60 Å². The van der Waals surface area contributed by atoms with Crippen LogP contribution in [-0.2, 0) is 10.3 Å². The second-order valence-electron chi connectivity index (χ2n) is 6.74. The summed E-state index contributed by atoms with van der Waals surface area (Å²) in [7, 11) is 0. The number of nitrogens with one attached hydrogen (secondary N) is 1. The Morgan fingerprint density at radius 3 is 2.45 bits per heavy atom. The van der Waals surface area contributed by atoms with Crippen molar-refractivity contribution in [3.8, 4) is 0 Å². The summed E-state index contributed by atoms with van der Waals surface area (Å²) in [5.74, 6) is 0. The number of carbonyl (C=O) groups is 1. The topological polar surface area (TPSA) is 76.4 Å². The van der Waals surface area contributed by atoms with Gasteiger partial charge in [0.05, 0.1) is 30.9 Å². The summed E-state index contributed by atoms with van der Waals surface area (Å²) in [6, 6.07) is -0.549. The molecule has 1 unspecified atom stereocenters. The van der Waals surface area contributed by atoms with E-state index >= 15 is 0 Å². The van der Waals surface area contributed by atoms with Gasteiger partial charge in [0.2, 0.25) is 0 Å². The van der Waals surface area contributed by atoms with Crippen molar-refractivity contribution in [3.63, 3.8) is 0 Å². The van der Waals surface area contributed by atoms with Crippen LogP contribution in [0.15, 0.2) is 12.5 Å². The first-order valence-electron chi connectivity index (χ1n) is 6.67. The van der Waals surface area contributed by atoms with E-state index < -0.39 is 17.7 Å². The molecule has 0 saturated carbocycles. The highest BCUT2D eigenvalue weighted by atomic mass is 16.6. The summed E-state index contributed by atoms with van der Waals surface area (Å²) >= 11 is 0. The minimum atomic E-state index is -0.575. The fraction of sp³-hybridized carbons (Fsp3) is 0.714. The maximum absolute atomic E-state index is 11.8. The molecule has 0 bridgehead atoms. The number of amides is 1. The van der Waals surface area contributed by atoms with Crippen LogP contribution in [0.3, 0.4) is 0 Å². The van der Waals surface area contributed by atoms with Gasteiger partial charge in [-0.3, -0.25) is 0 Å². The lowest BCUT2D eigenvalue weighted by Crippen LogP contribution is -2.38. The maximum Gasteiger partial charge on any atom is 0.408 e. The van der Waals surface area contributed by atoms with Gasteiger partial charge in [-0.05, 0) is 41.5 Å². The first-order chi connectivity index (χ1) is 9.04. The predicted octanol–water partition coefficient (Wildman–Crippen LogP) is 2.20. The molecule has 1 amide bonds. The van der Waals surface area contributed by atoms with Crippen molar-refractivity contribution in [1.29, 1.82) is 0 Å². The Hall–Kier alpha value is -1.56. The molecule has 114 valence electrons. The molecule has 6 nitrogen and oxygen atoms in total. The highest BCUT2D eigenvalue weighted by molar-refractivity contribution is 5.68. The third kappa shape index (κ3) is 4.52. The zero-order valence-electron chi connectivity index (χ0n) is 13.1. The molecule has 0 saturated heterocycles. The molecule has 1 rings (SSSR count). The van der Waals surface area contributed by atoms with E-state index in [4.69, 9.17) is 4.74 Å². The number of aromatic nitrogens is 2. The molecule has 2 N–H and O–H groups in total. The van der Waals surface area contributed by atoms with Crippen LogP contribution in [0.4, 0.5) is 4.79 Å². The van der Waals surface area contributed by atoms with Gasteiger partial charge in [0, 0.05) is 5.54 Å². The SMILES string of the molecule is CC(C)(C)OC(=O)NC(CO)c1cncn1C(C)(C)C. The normalized spacial score (nSPS) is 13.9. The first kappa shape index (κ1) is 16.5. The molecule has 0 fully saturated rings. The zero-order valence-corrected chi connectivity index (χ0v) is 13.1. The Bertz CT molecular complexity index is 455. The number of imidazole rings is 1. The Labute approximate surface area is 120 Å². The Morgan fingerprint density at radius 2 is 2.00 bits per heavy atom. The molecule has 1 heterocycles. The number of hydrogen-bond acceptors (Lipinski definition) is 4. The molecule has 0 aliphatic carbocycles. The van der Waals surface area contributed by atoms with Crippen LogP contribution in [-0.4, -0.2) is 33.0 Å². The van der Waals surface area contributed by atoms with E-state index in [0.29, 0.717) is 0 Å². The summed E-state index contributed by atoms with van der Waals surface area (Å²) < 4.78 is 7.12. The van der Waals surface area contributed by atoms with Crippen molar-refractivity contribution in [3.05, 3.63) is 18.2 Å². The van der Waals surface area contributed by atoms with Crippen molar-refractivity contribution in [1.82, 2.24) is 14.9 Å². The molecule has 0 spiro atoms. The van der Waals surface area contributed by atoms with Crippen LogP contribution in [0.2, 0.25) is 0 Å². The molecule has 1 atom stereocenters. The second-order valence-corrected chi connectivity index (χ2v) is 6.74. The average Bonchev–Trinajstić information content (AvgIpc) is 2.71. The molecule has 0 aliphatic rings. The summed E-state index contributed by atoms with van der Waals surface area (Å²) in [6.07, 6.45) is 2.77. The van der Waals surface area contributed by atoms with Gasteiger partial charge in [-0.25, -0.2) is 9.78 Å². The van der Waals surface area contributed by atoms with Gasteiger partial charge in [0.25, 0.3) is 0 Å². The number of alkyl carbamates (subject to hydrolysis) is 1. The monoisotopic (exact) mass is 283 g/mol. The number of carbonyl (C=O) groups excluding carboxylic acids is 1. The van der Waals surface area contributed by atoms with Gasteiger partial charge in [-0.1, -0.05) is 0 Å². The lowest BCUT2D eigenvalue weighted by Gasteiger charge is -2.28. The van der Waals surface area contributed by atoms with E-state index in [9.17, 15) is 9.90 Å². The van der Waals surface area contributed by atoms with Crippen molar-refractivity contribution >= 4 is 6.09 Å². The number of rotatable bonds is 3. The third-order valence-electron chi connectivity index (χ3n) is 2.62. The van der Waals surface area contributed by atoms with Crippen LogP contribution in [0, 0.1) is 0 Å². The van der Waals surface area contributed by atoms with Crippen LogP contribution < -0.4 is 5.32 Å².